The number of aromatic amines is 1. The van der Waals surface area contributed by atoms with Gasteiger partial charge in [0.05, 0.1) is 11.4 Å². The molecule has 36 heavy (non-hydrogen) atoms. The molecule has 0 radical (unpaired) electrons. The van der Waals surface area contributed by atoms with E-state index in [0.717, 1.165) is 39.9 Å². The predicted molar refractivity (Wildman–Crippen MR) is 145 cm³/mol. The second-order valence-electron chi connectivity index (χ2n) is 8.17. The Kier molecular flexibility index (Phi) is 9.25. The number of benzene rings is 1. The van der Waals surface area contributed by atoms with Crippen molar-refractivity contribution in [2.75, 3.05) is 15.8 Å². The Morgan fingerprint density at radius 3 is 2.53 bits per heavy atom. The lowest BCUT2D eigenvalue weighted by Gasteiger charge is -2.33. The van der Waals surface area contributed by atoms with Gasteiger partial charge in [0.15, 0.2) is 5.82 Å². The fourth-order valence-corrected chi connectivity index (χ4v) is 4.87. The molecule has 0 unspecified atom stereocenters. The number of anilines is 2. The van der Waals surface area contributed by atoms with E-state index >= 15 is 0 Å². The average molecular weight is 518 g/mol. The standard InChI is InChI=1S/C24H27F2N5O2S.C2H6/c1-3-8-34(32,33)31-21-6-5-20(25)19(23(21)26)14-28-22-7-4-16(12-27-22)10-17-13-30-24-18(17)9-15(2)11-29-24;1-2/h4-7,9,11-13,31-33H,3,8,10,14H2,1-2H3,(H,27,28)(H,29,30);1-2H3. The van der Waals surface area contributed by atoms with Crippen molar-refractivity contribution < 1.29 is 17.9 Å². The van der Waals surface area contributed by atoms with Crippen molar-refractivity contribution in [3.8, 4) is 0 Å². The number of hydrogen-bond donors (Lipinski definition) is 5. The molecule has 3 heterocycles. The Morgan fingerprint density at radius 2 is 1.83 bits per heavy atom. The monoisotopic (exact) mass is 517 g/mol. The van der Waals surface area contributed by atoms with E-state index in [4.69, 9.17) is 0 Å². The van der Waals surface area contributed by atoms with Gasteiger partial charge in [-0.1, -0.05) is 26.8 Å². The van der Waals surface area contributed by atoms with Gasteiger partial charge in [0.25, 0.3) is 0 Å². The molecule has 10 heteroatoms. The van der Waals surface area contributed by atoms with Crippen LogP contribution in [0.2, 0.25) is 0 Å². The third-order valence-corrected chi connectivity index (χ3v) is 6.89. The van der Waals surface area contributed by atoms with Gasteiger partial charge in [0, 0.05) is 42.5 Å². The van der Waals surface area contributed by atoms with Crippen LogP contribution in [0.5, 0.6) is 0 Å². The Balaban J connectivity index is 0.00000176. The van der Waals surface area contributed by atoms with Gasteiger partial charge in [-0.25, -0.2) is 18.7 Å². The molecule has 0 fully saturated rings. The number of aryl methyl sites for hydroxylation is 1. The average Bonchev–Trinajstić information content (AvgIpc) is 3.24. The molecule has 4 aromatic rings. The maximum atomic E-state index is 14.9. The molecule has 0 saturated carbocycles. The van der Waals surface area contributed by atoms with Crippen molar-refractivity contribution in [3.63, 3.8) is 0 Å². The van der Waals surface area contributed by atoms with E-state index in [2.05, 4.69) is 31.1 Å². The highest BCUT2D eigenvalue weighted by Gasteiger charge is 2.18. The van der Waals surface area contributed by atoms with Crippen LogP contribution in [0.1, 0.15) is 49.4 Å². The Hall–Kier alpha value is -3.21. The van der Waals surface area contributed by atoms with Crippen molar-refractivity contribution in [2.45, 2.75) is 47.1 Å². The molecule has 7 nitrogen and oxygen atoms in total. The van der Waals surface area contributed by atoms with Crippen molar-refractivity contribution in [3.05, 3.63) is 82.8 Å². The molecule has 0 amide bonds. The van der Waals surface area contributed by atoms with Crippen LogP contribution in [0, 0.1) is 18.6 Å². The van der Waals surface area contributed by atoms with Crippen LogP contribution in [0.15, 0.2) is 48.9 Å². The molecule has 194 valence electrons. The molecule has 5 N–H and O–H groups in total. The molecule has 0 aliphatic heterocycles. The van der Waals surface area contributed by atoms with Gasteiger partial charge in [-0.3, -0.25) is 13.8 Å². The number of nitrogens with zero attached hydrogens (tertiary/aromatic N) is 2. The van der Waals surface area contributed by atoms with Crippen LogP contribution in [0.3, 0.4) is 0 Å². The number of nitrogens with one attached hydrogen (secondary N) is 3. The maximum Gasteiger partial charge on any atom is 0.155 e. The van der Waals surface area contributed by atoms with Gasteiger partial charge in [0.1, 0.15) is 17.3 Å². The quantitative estimate of drug-likeness (QED) is 0.160. The van der Waals surface area contributed by atoms with E-state index < -0.39 is 22.4 Å². The van der Waals surface area contributed by atoms with Crippen LogP contribution in [0.25, 0.3) is 11.0 Å². The summed E-state index contributed by atoms with van der Waals surface area (Å²) in [4.78, 5) is 11.9. The number of pyridine rings is 2. The van der Waals surface area contributed by atoms with Gasteiger partial charge < -0.3 is 10.3 Å². The fourth-order valence-electron chi connectivity index (χ4n) is 3.69. The van der Waals surface area contributed by atoms with Crippen LogP contribution in [-0.2, 0) is 13.0 Å². The first kappa shape index (κ1) is 27.4. The lowest BCUT2D eigenvalue weighted by molar-refractivity contribution is 0.491. The van der Waals surface area contributed by atoms with Crippen LogP contribution in [0.4, 0.5) is 20.3 Å². The first-order valence-electron chi connectivity index (χ1n) is 11.9. The number of rotatable bonds is 9. The first-order chi connectivity index (χ1) is 17.3. The van der Waals surface area contributed by atoms with E-state index in [1.165, 1.54) is 0 Å². The topological polar surface area (TPSA) is 106 Å². The van der Waals surface area contributed by atoms with Crippen LogP contribution < -0.4 is 10.0 Å². The van der Waals surface area contributed by atoms with Gasteiger partial charge in [0.2, 0.25) is 0 Å². The summed E-state index contributed by atoms with van der Waals surface area (Å²) in [6, 6.07) is 8.00. The number of hydrogen-bond acceptors (Lipinski definition) is 6. The second-order valence-corrected chi connectivity index (χ2v) is 10.1. The molecule has 1 aromatic carbocycles. The van der Waals surface area contributed by atoms with E-state index in [0.29, 0.717) is 18.7 Å². The lowest BCUT2D eigenvalue weighted by Crippen LogP contribution is -2.15. The smallest absolute Gasteiger partial charge is 0.155 e. The lowest BCUT2D eigenvalue weighted by atomic mass is 10.1. The Bertz CT molecular complexity index is 1300. The number of fused-ring (bicyclic) bond motifs is 1. The van der Waals surface area contributed by atoms with Crippen LogP contribution in [-0.4, -0.2) is 29.8 Å². The summed E-state index contributed by atoms with van der Waals surface area (Å²) in [5, 5.41) is 3.99. The SMILES string of the molecule is CC.CCCS(O)(O)Nc1ccc(F)c(CNc2ccc(Cc3c[nH]c4ncc(C)cc34)cn2)c1F. The highest BCUT2D eigenvalue weighted by molar-refractivity contribution is 8.25. The summed E-state index contributed by atoms with van der Waals surface area (Å²) in [5.74, 6) is -1.07. The van der Waals surface area contributed by atoms with E-state index in [-0.39, 0.29) is 23.5 Å². The van der Waals surface area contributed by atoms with E-state index in [1.54, 1.807) is 19.2 Å². The molecule has 4 rings (SSSR count). The molecule has 0 bridgehead atoms. The predicted octanol–water partition coefficient (Wildman–Crippen LogP) is 7.26. The van der Waals surface area contributed by atoms with Gasteiger partial charge >= 0.3 is 0 Å². The van der Waals surface area contributed by atoms with Crippen molar-refractivity contribution in [1.29, 1.82) is 0 Å². The molecule has 0 saturated heterocycles. The second kappa shape index (κ2) is 12.2. The normalized spacial score (nSPS) is 11.7. The van der Waals surface area contributed by atoms with Gasteiger partial charge in [-0.15, -0.1) is 10.8 Å². The number of halogens is 2. The summed E-state index contributed by atoms with van der Waals surface area (Å²) in [6.07, 6.45) is 6.64. The van der Waals surface area contributed by atoms with Crippen LogP contribution >= 0.6 is 10.8 Å². The van der Waals surface area contributed by atoms with E-state index in [9.17, 15) is 17.9 Å². The van der Waals surface area contributed by atoms with Crippen molar-refractivity contribution in [1.82, 2.24) is 15.0 Å². The molecule has 3 aromatic heterocycles. The summed E-state index contributed by atoms with van der Waals surface area (Å²) in [7, 11) is -3.20. The minimum absolute atomic E-state index is 0.0718. The third kappa shape index (κ3) is 6.71. The van der Waals surface area contributed by atoms with E-state index in [1.807, 2.05) is 39.2 Å². The number of aromatic nitrogens is 3. The zero-order chi connectivity index (χ0) is 26.3. The van der Waals surface area contributed by atoms with Gasteiger partial charge in [-0.05, 0) is 54.3 Å². The zero-order valence-electron chi connectivity index (χ0n) is 20.9. The summed E-state index contributed by atoms with van der Waals surface area (Å²) >= 11 is 0. The number of H-pyrrole nitrogens is 1. The summed E-state index contributed by atoms with van der Waals surface area (Å²) in [6.45, 7) is 7.63. The maximum absolute atomic E-state index is 14.9. The molecule has 0 spiro atoms. The largest absolute Gasteiger partial charge is 0.366 e. The first-order valence-corrected chi connectivity index (χ1v) is 13.6. The Labute approximate surface area is 211 Å². The third-order valence-electron chi connectivity index (χ3n) is 5.37. The summed E-state index contributed by atoms with van der Waals surface area (Å²) in [5.41, 5.74) is 3.64. The molecular formula is C26H33F2N5O2S. The minimum Gasteiger partial charge on any atom is -0.366 e. The molecule has 0 aliphatic carbocycles. The fraction of sp³-hybridized carbons (Fsp3) is 0.308. The molecule has 0 aliphatic rings. The summed E-state index contributed by atoms with van der Waals surface area (Å²) < 4.78 is 51.5. The van der Waals surface area contributed by atoms with Crippen molar-refractivity contribution in [2.24, 2.45) is 0 Å². The highest BCUT2D eigenvalue weighted by atomic mass is 32.3. The van der Waals surface area contributed by atoms with Gasteiger partial charge in [-0.2, -0.15) is 0 Å². The molecule has 0 atom stereocenters. The molecular weight excluding hydrogens is 484 g/mol. The Morgan fingerprint density at radius 1 is 1.06 bits per heavy atom. The highest BCUT2D eigenvalue weighted by Crippen LogP contribution is 2.40. The minimum atomic E-state index is -3.20. The zero-order valence-corrected chi connectivity index (χ0v) is 21.7. The van der Waals surface area contributed by atoms with Crippen molar-refractivity contribution >= 4 is 33.3 Å².